The highest BCUT2D eigenvalue weighted by Crippen LogP contribution is 2.40. The van der Waals surface area contributed by atoms with Gasteiger partial charge in [0, 0.05) is 6.61 Å². The van der Waals surface area contributed by atoms with Gasteiger partial charge < -0.3 is 9.53 Å². The summed E-state index contributed by atoms with van der Waals surface area (Å²) in [6.07, 6.45) is 9.34. The van der Waals surface area contributed by atoms with E-state index in [2.05, 4.69) is 26.6 Å². The monoisotopic (exact) mass is 298 g/mol. The molecule has 0 bridgehead atoms. The molecule has 0 saturated carbocycles. The topological polar surface area (TPSA) is 46.5 Å². The lowest BCUT2D eigenvalue weighted by molar-refractivity contribution is -0.122. The van der Waals surface area contributed by atoms with Gasteiger partial charge in [0.05, 0.1) is 11.5 Å². The lowest BCUT2D eigenvalue weighted by atomic mass is 9.82. The molecule has 1 N–H and O–H groups in total. The maximum Gasteiger partial charge on any atom is 0.184 e. The molecule has 0 aromatic carbocycles. The molecule has 2 atom stereocenters. The molecule has 0 saturated heterocycles. The van der Waals surface area contributed by atoms with Crippen molar-refractivity contribution in [2.24, 2.45) is 5.92 Å². The summed E-state index contributed by atoms with van der Waals surface area (Å²) >= 11 is 0. The van der Waals surface area contributed by atoms with Crippen LogP contribution in [0.15, 0.2) is 12.2 Å². The van der Waals surface area contributed by atoms with E-state index in [0.717, 1.165) is 38.5 Å². The van der Waals surface area contributed by atoms with E-state index in [1.165, 1.54) is 0 Å². The first-order valence-electron chi connectivity index (χ1n) is 7.89. The minimum atomic E-state index is -1.72. The standard InChI is InChI=1S/C16H30O3Si/c1-5-6-11-16(19-20(2,3)4)12-10-15(18)14(16)9-7-8-13-17/h10,12,14,17H,5-9,11,13H2,1-4H3. The van der Waals surface area contributed by atoms with Crippen molar-refractivity contribution >= 4 is 14.1 Å². The minimum absolute atomic E-state index is 0.0488. The van der Waals surface area contributed by atoms with Crippen LogP contribution >= 0.6 is 0 Å². The number of rotatable bonds is 9. The van der Waals surface area contributed by atoms with E-state index in [9.17, 15) is 4.79 Å². The number of aliphatic hydroxyl groups excluding tert-OH is 1. The first kappa shape index (κ1) is 17.6. The van der Waals surface area contributed by atoms with Crippen molar-refractivity contribution < 1.29 is 14.3 Å². The molecular weight excluding hydrogens is 268 g/mol. The fourth-order valence-corrected chi connectivity index (χ4v) is 4.43. The van der Waals surface area contributed by atoms with Crippen molar-refractivity contribution in [3.63, 3.8) is 0 Å². The zero-order valence-electron chi connectivity index (χ0n) is 13.4. The SMILES string of the molecule is CCCCC1(O[Si](C)(C)C)C=CC(=O)C1CCCCO. The highest BCUT2D eigenvalue weighted by Gasteiger charge is 2.46. The van der Waals surface area contributed by atoms with E-state index in [1.807, 2.05) is 6.08 Å². The maximum atomic E-state index is 12.2. The van der Waals surface area contributed by atoms with Gasteiger partial charge in [-0.05, 0) is 51.1 Å². The van der Waals surface area contributed by atoms with Crippen LogP contribution in [-0.2, 0) is 9.22 Å². The van der Waals surface area contributed by atoms with Crippen molar-refractivity contribution in [2.75, 3.05) is 6.61 Å². The fourth-order valence-electron chi connectivity index (χ4n) is 2.98. The van der Waals surface area contributed by atoms with Gasteiger partial charge in [-0.15, -0.1) is 0 Å². The molecule has 0 spiro atoms. The molecule has 0 aliphatic heterocycles. The third-order valence-corrected chi connectivity index (χ3v) is 4.77. The molecule has 116 valence electrons. The Hall–Kier alpha value is -0.453. The Balaban J connectivity index is 2.87. The highest BCUT2D eigenvalue weighted by atomic mass is 28.4. The van der Waals surface area contributed by atoms with Crippen LogP contribution in [-0.4, -0.2) is 31.4 Å². The summed E-state index contributed by atoms with van der Waals surface area (Å²) in [7, 11) is -1.72. The fraction of sp³-hybridized carbons (Fsp3) is 0.812. The predicted octanol–water partition coefficient (Wildman–Crippen LogP) is 3.68. The normalized spacial score (nSPS) is 26.4. The smallest absolute Gasteiger partial charge is 0.184 e. The summed E-state index contributed by atoms with van der Waals surface area (Å²) in [5, 5.41) is 8.94. The average Bonchev–Trinajstić information content (AvgIpc) is 2.64. The second kappa shape index (κ2) is 7.53. The molecule has 2 unspecified atom stereocenters. The van der Waals surface area contributed by atoms with Crippen molar-refractivity contribution in [2.45, 2.75) is 70.7 Å². The average molecular weight is 298 g/mol. The molecule has 0 fully saturated rings. The molecule has 1 rings (SSSR count). The molecule has 3 nitrogen and oxygen atoms in total. The number of hydrogen-bond donors (Lipinski definition) is 1. The van der Waals surface area contributed by atoms with Crippen LogP contribution in [0.1, 0.15) is 45.4 Å². The summed E-state index contributed by atoms with van der Waals surface area (Å²) < 4.78 is 6.47. The van der Waals surface area contributed by atoms with Crippen LogP contribution in [0.25, 0.3) is 0 Å². The van der Waals surface area contributed by atoms with E-state index in [0.29, 0.717) is 0 Å². The van der Waals surface area contributed by atoms with Gasteiger partial charge in [-0.25, -0.2) is 0 Å². The van der Waals surface area contributed by atoms with Crippen molar-refractivity contribution in [3.8, 4) is 0 Å². The van der Waals surface area contributed by atoms with Crippen LogP contribution < -0.4 is 0 Å². The zero-order valence-corrected chi connectivity index (χ0v) is 14.4. The zero-order chi connectivity index (χ0) is 15.2. The summed E-state index contributed by atoms with van der Waals surface area (Å²) in [4.78, 5) is 12.2. The highest BCUT2D eigenvalue weighted by molar-refractivity contribution is 6.69. The van der Waals surface area contributed by atoms with E-state index in [-0.39, 0.29) is 23.9 Å². The van der Waals surface area contributed by atoms with Crippen molar-refractivity contribution in [1.82, 2.24) is 0 Å². The Labute approximate surface area is 124 Å². The second-order valence-corrected chi connectivity index (χ2v) is 11.2. The first-order chi connectivity index (χ1) is 9.34. The van der Waals surface area contributed by atoms with Crippen molar-refractivity contribution in [3.05, 3.63) is 12.2 Å². The molecule has 1 aliphatic rings. The van der Waals surface area contributed by atoms with E-state index < -0.39 is 8.32 Å². The van der Waals surface area contributed by atoms with E-state index >= 15 is 0 Å². The Morgan fingerprint density at radius 1 is 1.30 bits per heavy atom. The number of allylic oxidation sites excluding steroid dienone is 1. The number of unbranched alkanes of at least 4 members (excludes halogenated alkanes) is 2. The molecule has 0 aromatic heterocycles. The predicted molar refractivity (Wildman–Crippen MR) is 85.3 cm³/mol. The van der Waals surface area contributed by atoms with Crippen LogP contribution in [0, 0.1) is 5.92 Å². The van der Waals surface area contributed by atoms with Gasteiger partial charge in [0.2, 0.25) is 0 Å². The summed E-state index contributed by atoms with van der Waals surface area (Å²) in [5.74, 6) is 0.157. The van der Waals surface area contributed by atoms with Gasteiger partial charge in [-0.3, -0.25) is 4.79 Å². The van der Waals surface area contributed by atoms with Gasteiger partial charge in [0.25, 0.3) is 0 Å². The summed E-state index contributed by atoms with van der Waals surface area (Å²) in [6, 6.07) is 0. The molecule has 0 heterocycles. The van der Waals surface area contributed by atoms with Crippen LogP contribution in [0.4, 0.5) is 0 Å². The summed E-state index contributed by atoms with van der Waals surface area (Å²) in [6.45, 7) is 8.92. The molecular formula is C16H30O3Si. The Bertz CT molecular complexity index is 346. The Kier molecular flexibility index (Phi) is 6.62. The third kappa shape index (κ3) is 4.83. The lowest BCUT2D eigenvalue weighted by Gasteiger charge is -2.39. The first-order valence-corrected chi connectivity index (χ1v) is 11.3. The quantitative estimate of drug-likeness (QED) is 0.522. The number of carbonyl (C=O) groups is 1. The van der Waals surface area contributed by atoms with Gasteiger partial charge in [0.1, 0.15) is 0 Å². The van der Waals surface area contributed by atoms with Crippen LogP contribution in [0.3, 0.4) is 0 Å². The third-order valence-electron chi connectivity index (χ3n) is 3.78. The molecule has 1 aliphatic carbocycles. The molecule has 20 heavy (non-hydrogen) atoms. The maximum absolute atomic E-state index is 12.2. The number of carbonyl (C=O) groups excluding carboxylic acids is 1. The van der Waals surface area contributed by atoms with Gasteiger partial charge in [0.15, 0.2) is 14.1 Å². The van der Waals surface area contributed by atoms with E-state index in [4.69, 9.17) is 9.53 Å². The lowest BCUT2D eigenvalue weighted by Crippen LogP contribution is -2.46. The second-order valence-electron chi connectivity index (χ2n) is 6.78. The van der Waals surface area contributed by atoms with Crippen LogP contribution in [0.2, 0.25) is 19.6 Å². The largest absolute Gasteiger partial charge is 0.408 e. The van der Waals surface area contributed by atoms with Gasteiger partial charge in [-0.2, -0.15) is 0 Å². The van der Waals surface area contributed by atoms with Crippen LogP contribution in [0.5, 0.6) is 0 Å². The van der Waals surface area contributed by atoms with E-state index in [1.54, 1.807) is 6.08 Å². The molecule has 0 aromatic rings. The Morgan fingerprint density at radius 3 is 2.55 bits per heavy atom. The Morgan fingerprint density at radius 2 is 2.00 bits per heavy atom. The molecule has 0 amide bonds. The molecule has 4 heteroatoms. The number of ketones is 1. The van der Waals surface area contributed by atoms with Gasteiger partial charge >= 0.3 is 0 Å². The van der Waals surface area contributed by atoms with Crippen molar-refractivity contribution in [1.29, 1.82) is 0 Å². The number of hydrogen-bond acceptors (Lipinski definition) is 3. The molecule has 0 radical (unpaired) electrons. The minimum Gasteiger partial charge on any atom is -0.408 e. The summed E-state index contributed by atoms with van der Waals surface area (Å²) in [5.41, 5.74) is -0.382. The van der Waals surface area contributed by atoms with Gasteiger partial charge in [-0.1, -0.05) is 26.2 Å². The number of aliphatic hydroxyl groups is 1.